The van der Waals surface area contributed by atoms with Gasteiger partial charge in [-0.25, -0.2) is 9.67 Å². The summed E-state index contributed by atoms with van der Waals surface area (Å²) in [6.07, 6.45) is 0. The molecule has 2 aromatic rings. The van der Waals surface area contributed by atoms with Crippen molar-refractivity contribution in [3.63, 3.8) is 0 Å². The van der Waals surface area contributed by atoms with Crippen molar-refractivity contribution in [1.82, 2.24) is 25.3 Å². The van der Waals surface area contributed by atoms with Gasteiger partial charge in [0.25, 0.3) is 0 Å². The minimum absolute atomic E-state index is 0.0272. The number of nitrogens with zero attached hydrogens (tertiary/aromatic N) is 4. The fraction of sp³-hybridized carbons (Fsp3) is 0.500. The first kappa shape index (κ1) is 12.7. The third kappa shape index (κ3) is 2.56. The van der Waals surface area contributed by atoms with Crippen molar-refractivity contribution in [2.45, 2.75) is 19.9 Å². The van der Waals surface area contributed by atoms with Crippen molar-refractivity contribution in [3.05, 3.63) is 26.4 Å². The predicted octanol–water partition coefficient (Wildman–Crippen LogP) is 2.04. The first-order chi connectivity index (χ1) is 8.13. The Hall–Kier alpha value is -0.790. The Morgan fingerprint density at radius 3 is 2.82 bits per heavy atom. The fourth-order valence-corrected chi connectivity index (χ4v) is 2.90. The van der Waals surface area contributed by atoms with Crippen LogP contribution >= 0.6 is 27.3 Å². The first-order valence-corrected chi connectivity index (χ1v) is 7.01. The molecule has 2 rings (SSSR count). The van der Waals surface area contributed by atoms with Crippen LogP contribution in [0.1, 0.15) is 29.4 Å². The van der Waals surface area contributed by atoms with E-state index in [4.69, 9.17) is 0 Å². The highest BCUT2D eigenvalue weighted by atomic mass is 79.9. The summed E-state index contributed by atoms with van der Waals surface area (Å²) in [6, 6.07) is 0.0272. The Morgan fingerprint density at radius 2 is 2.35 bits per heavy atom. The molecule has 0 spiro atoms. The monoisotopic (exact) mass is 315 g/mol. The summed E-state index contributed by atoms with van der Waals surface area (Å²) >= 11 is 5.08. The van der Waals surface area contributed by atoms with Crippen LogP contribution in [0.2, 0.25) is 0 Å². The maximum Gasteiger partial charge on any atom is 0.153 e. The molecule has 0 aliphatic rings. The minimum atomic E-state index is 0.0272. The van der Waals surface area contributed by atoms with Gasteiger partial charge in [-0.05, 0) is 29.4 Å². The summed E-state index contributed by atoms with van der Waals surface area (Å²) in [4.78, 5) is 4.53. The van der Waals surface area contributed by atoms with Crippen LogP contribution in [0, 0.1) is 6.92 Å². The standard InChI is InChI=1S/C10H14BrN5S/c1-4-12-8(7-5-17-6(2)13-7)9-10(11)14-15-16(9)3/h5,8,12H,4H2,1-3H3. The molecule has 2 heterocycles. The fourth-order valence-electron chi connectivity index (χ4n) is 1.70. The van der Waals surface area contributed by atoms with Crippen molar-refractivity contribution < 1.29 is 0 Å². The zero-order valence-corrected chi connectivity index (χ0v) is 12.3. The third-order valence-electron chi connectivity index (χ3n) is 2.44. The summed E-state index contributed by atoms with van der Waals surface area (Å²) in [5.41, 5.74) is 2.01. The predicted molar refractivity (Wildman–Crippen MR) is 71.1 cm³/mol. The zero-order valence-electron chi connectivity index (χ0n) is 9.94. The van der Waals surface area contributed by atoms with E-state index in [1.807, 2.05) is 14.0 Å². The minimum Gasteiger partial charge on any atom is -0.304 e. The molecule has 5 nitrogen and oxygen atoms in total. The highest BCUT2D eigenvalue weighted by Crippen LogP contribution is 2.27. The molecule has 0 bridgehead atoms. The molecule has 1 atom stereocenters. The lowest BCUT2D eigenvalue weighted by atomic mass is 10.1. The molecule has 0 aliphatic carbocycles. The number of nitrogens with one attached hydrogen (secondary N) is 1. The van der Waals surface area contributed by atoms with Gasteiger partial charge in [0.1, 0.15) is 0 Å². The second kappa shape index (κ2) is 5.24. The third-order valence-corrected chi connectivity index (χ3v) is 3.80. The van der Waals surface area contributed by atoms with Crippen LogP contribution < -0.4 is 5.32 Å². The van der Waals surface area contributed by atoms with Crippen molar-refractivity contribution in [2.75, 3.05) is 6.54 Å². The van der Waals surface area contributed by atoms with Crippen LogP contribution in [-0.4, -0.2) is 26.5 Å². The number of hydrogen-bond acceptors (Lipinski definition) is 5. The van der Waals surface area contributed by atoms with E-state index >= 15 is 0 Å². The Labute approximate surface area is 112 Å². The molecule has 0 radical (unpaired) electrons. The van der Waals surface area contributed by atoms with Gasteiger partial charge in [0.2, 0.25) is 0 Å². The Balaban J connectivity index is 2.42. The van der Waals surface area contributed by atoms with Gasteiger partial charge >= 0.3 is 0 Å². The molecule has 17 heavy (non-hydrogen) atoms. The summed E-state index contributed by atoms with van der Waals surface area (Å²) in [6.45, 7) is 4.94. The lowest BCUT2D eigenvalue weighted by Crippen LogP contribution is -2.25. The van der Waals surface area contributed by atoms with Crippen LogP contribution in [0.4, 0.5) is 0 Å². The molecule has 0 fully saturated rings. The van der Waals surface area contributed by atoms with E-state index in [0.29, 0.717) is 0 Å². The van der Waals surface area contributed by atoms with Crippen molar-refractivity contribution in [2.24, 2.45) is 7.05 Å². The molecule has 2 aromatic heterocycles. The Morgan fingerprint density at radius 1 is 1.59 bits per heavy atom. The van der Waals surface area contributed by atoms with E-state index in [-0.39, 0.29) is 6.04 Å². The molecule has 0 saturated heterocycles. The summed E-state index contributed by atoms with van der Waals surface area (Å²) in [5, 5.41) is 14.6. The van der Waals surface area contributed by atoms with E-state index in [0.717, 1.165) is 27.5 Å². The van der Waals surface area contributed by atoms with Crippen molar-refractivity contribution in [3.8, 4) is 0 Å². The van der Waals surface area contributed by atoms with Gasteiger partial charge in [0.05, 0.1) is 22.4 Å². The summed E-state index contributed by atoms with van der Waals surface area (Å²) in [5.74, 6) is 0. The molecule has 0 saturated carbocycles. The Kier molecular flexibility index (Phi) is 3.90. The zero-order chi connectivity index (χ0) is 12.4. The van der Waals surface area contributed by atoms with Crippen LogP contribution in [0.15, 0.2) is 9.98 Å². The summed E-state index contributed by atoms with van der Waals surface area (Å²) in [7, 11) is 1.89. The smallest absolute Gasteiger partial charge is 0.153 e. The quantitative estimate of drug-likeness (QED) is 0.938. The van der Waals surface area contributed by atoms with Gasteiger partial charge < -0.3 is 5.32 Å². The lowest BCUT2D eigenvalue weighted by Gasteiger charge is -2.15. The van der Waals surface area contributed by atoms with E-state index in [1.165, 1.54) is 0 Å². The molecular formula is C10H14BrN5S. The van der Waals surface area contributed by atoms with E-state index in [1.54, 1.807) is 16.0 Å². The number of rotatable bonds is 4. The number of halogens is 1. The second-order valence-corrected chi connectivity index (χ2v) is 5.48. The van der Waals surface area contributed by atoms with Crippen LogP contribution in [-0.2, 0) is 7.05 Å². The lowest BCUT2D eigenvalue weighted by molar-refractivity contribution is 0.558. The van der Waals surface area contributed by atoms with E-state index in [2.05, 4.69) is 48.8 Å². The van der Waals surface area contributed by atoms with Crippen LogP contribution in [0.3, 0.4) is 0 Å². The van der Waals surface area contributed by atoms with E-state index in [9.17, 15) is 0 Å². The second-order valence-electron chi connectivity index (χ2n) is 3.67. The van der Waals surface area contributed by atoms with Crippen molar-refractivity contribution >= 4 is 27.3 Å². The van der Waals surface area contributed by atoms with Gasteiger partial charge in [-0.3, -0.25) is 0 Å². The average Bonchev–Trinajstić information content (AvgIpc) is 2.84. The average molecular weight is 316 g/mol. The largest absolute Gasteiger partial charge is 0.304 e. The number of thiazole rings is 1. The molecule has 1 unspecified atom stereocenters. The maximum absolute atomic E-state index is 4.53. The molecule has 92 valence electrons. The Bertz CT molecular complexity index is 487. The first-order valence-electron chi connectivity index (χ1n) is 5.34. The number of hydrogen-bond donors (Lipinski definition) is 1. The van der Waals surface area contributed by atoms with Crippen LogP contribution in [0.5, 0.6) is 0 Å². The molecule has 7 heteroatoms. The summed E-state index contributed by atoms with van der Waals surface area (Å²) < 4.78 is 2.53. The molecule has 0 aromatic carbocycles. The molecule has 0 aliphatic heterocycles. The van der Waals surface area contributed by atoms with E-state index < -0.39 is 0 Å². The highest BCUT2D eigenvalue weighted by Gasteiger charge is 2.23. The normalized spacial score (nSPS) is 12.9. The number of aromatic nitrogens is 4. The molecule has 0 amide bonds. The molecule has 1 N–H and O–H groups in total. The SMILES string of the molecule is CCNC(c1csc(C)n1)c1c(Br)nnn1C. The van der Waals surface area contributed by atoms with Gasteiger partial charge in [0, 0.05) is 12.4 Å². The maximum atomic E-state index is 4.53. The van der Waals surface area contributed by atoms with Crippen LogP contribution in [0.25, 0.3) is 0 Å². The van der Waals surface area contributed by atoms with Crippen molar-refractivity contribution in [1.29, 1.82) is 0 Å². The highest BCUT2D eigenvalue weighted by molar-refractivity contribution is 9.10. The molecular weight excluding hydrogens is 302 g/mol. The van der Waals surface area contributed by atoms with Gasteiger partial charge in [0.15, 0.2) is 4.60 Å². The topological polar surface area (TPSA) is 55.6 Å². The number of aryl methyl sites for hydroxylation is 2. The van der Waals surface area contributed by atoms with Gasteiger partial charge in [-0.15, -0.1) is 16.4 Å². The van der Waals surface area contributed by atoms with Gasteiger partial charge in [-0.2, -0.15) is 0 Å². The van der Waals surface area contributed by atoms with Gasteiger partial charge in [-0.1, -0.05) is 12.1 Å².